The number of nitrogens with two attached hydrogens (primary N) is 1. The fraction of sp³-hybridized carbons (Fsp3) is 0.375. The Balaban J connectivity index is 2.28. The largest absolute Gasteiger partial charge is 0.451 e. The van der Waals surface area contributed by atoms with E-state index in [1.54, 1.807) is 6.26 Å². The lowest BCUT2D eigenvalue weighted by molar-refractivity contribution is 0.399. The van der Waals surface area contributed by atoms with Crippen molar-refractivity contribution in [1.29, 1.82) is 0 Å². The van der Waals surface area contributed by atoms with Crippen molar-refractivity contribution in [3.63, 3.8) is 0 Å². The van der Waals surface area contributed by atoms with Crippen LogP contribution in [0.3, 0.4) is 0 Å². The second kappa shape index (κ2) is 2.51. The summed E-state index contributed by atoms with van der Waals surface area (Å²) in [5.41, 5.74) is 5.79. The third-order valence-corrected chi connectivity index (χ3v) is 1.89. The summed E-state index contributed by atoms with van der Waals surface area (Å²) in [5, 5.41) is 0. The van der Waals surface area contributed by atoms with Gasteiger partial charge in [-0.1, -0.05) is 12.2 Å². The number of hydrogen-bond acceptors (Lipinski definition) is 3. The molecule has 2 aliphatic rings. The van der Waals surface area contributed by atoms with Gasteiger partial charge in [0, 0.05) is 6.04 Å². The first-order valence-electron chi connectivity index (χ1n) is 3.68. The van der Waals surface area contributed by atoms with Crippen LogP contribution in [0.15, 0.2) is 29.5 Å². The number of ether oxygens (including phenoxy) is 1. The number of fused-ring (bicyclic) bond motifs is 1. The maximum Gasteiger partial charge on any atom is 0.198 e. The van der Waals surface area contributed by atoms with Gasteiger partial charge in [-0.05, 0) is 6.08 Å². The normalized spacial score (nSPS) is 34.1. The van der Waals surface area contributed by atoms with Crippen molar-refractivity contribution in [3.05, 3.63) is 24.5 Å². The van der Waals surface area contributed by atoms with Crippen molar-refractivity contribution < 1.29 is 4.74 Å². The van der Waals surface area contributed by atoms with Gasteiger partial charge in [0.25, 0.3) is 0 Å². The van der Waals surface area contributed by atoms with Crippen LogP contribution in [0.4, 0.5) is 0 Å². The van der Waals surface area contributed by atoms with Crippen LogP contribution in [0.25, 0.3) is 0 Å². The Hall–Kier alpha value is -1.09. The molecule has 0 spiro atoms. The van der Waals surface area contributed by atoms with Gasteiger partial charge in [-0.3, -0.25) is 4.99 Å². The van der Waals surface area contributed by atoms with Crippen molar-refractivity contribution in [2.45, 2.75) is 6.04 Å². The summed E-state index contributed by atoms with van der Waals surface area (Å²) in [7, 11) is 0. The lowest BCUT2D eigenvalue weighted by atomic mass is 9.97. The molecule has 2 rings (SSSR count). The van der Waals surface area contributed by atoms with Crippen LogP contribution in [-0.4, -0.2) is 18.5 Å². The molecule has 0 aliphatic carbocycles. The highest BCUT2D eigenvalue weighted by atomic mass is 16.5. The lowest BCUT2D eigenvalue weighted by Gasteiger charge is -2.24. The monoisotopic (exact) mass is 150 g/mol. The minimum atomic E-state index is 0.0269. The standard InChI is InChI=1S/C8H10N2O/c9-7-3-5-11-8-6(7)2-1-4-10-8/h1-3,5-7H,4,9H2. The number of aliphatic imine (C=N–C) groups is 1. The summed E-state index contributed by atoms with van der Waals surface area (Å²) in [6.45, 7) is 0.715. The summed E-state index contributed by atoms with van der Waals surface area (Å²) in [4.78, 5) is 4.18. The molecule has 0 aromatic rings. The van der Waals surface area contributed by atoms with Gasteiger partial charge in [-0.15, -0.1) is 0 Å². The summed E-state index contributed by atoms with van der Waals surface area (Å²) in [5.74, 6) is 0.913. The Morgan fingerprint density at radius 2 is 2.45 bits per heavy atom. The first-order chi connectivity index (χ1) is 5.38. The maximum atomic E-state index is 5.79. The van der Waals surface area contributed by atoms with Gasteiger partial charge in [0.2, 0.25) is 0 Å². The van der Waals surface area contributed by atoms with Gasteiger partial charge in [0.1, 0.15) is 0 Å². The van der Waals surface area contributed by atoms with Crippen molar-refractivity contribution in [3.8, 4) is 0 Å². The molecule has 2 heterocycles. The van der Waals surface area contributed by atoms with Crippen LogP contribution in [0.5, 0.6) is 0 Å². The first kappa shape index (κ1) is 6.61. The molecule has 0 radical (unpaired) electrons. The molecule has 0 aromatic heterocycles. The Labute approximate surface area is 65.3 Å². The minimum Gasteiger partial charge on any atom is -0.451 e. The van der Waals surface area contributed by atoms with Gasteiger partial charge < -0.3 is 10.5 Å². The summed E-state index contributed by atoms with van der Waals surface area (Å²) in [6.07, 6.45) is 7.52. The zero-order valence-corrected chi connectivity index (χ0v) is 6.10. The van der Waals surface area contributed by atoms with Gasteiger partial charge in [-0.25, -0.2) is 0 Å². The molecule has 58 valence electrons. The highest BCUT2D eigenvalue weighted by molar-refractivity contribution is 5.83. The molecular weight excluding hydrogens is 140 g/mol. The third-order valence-electron chi connectivity index (χ3n) is 1.89. The van der Waals surface area contributed by atoms with Crippen LogP contribution in [0, 0.1) is 5.92 Å². The van der Waals surface area contributed by atoms with Crippen molar-refractivity contribution in [1.82, 2.24) is 0 Å². The molecule has 3 heteroatoms. The van der Waals surface area contributed by atoms with Crippen molar-refractivity contribution in [2.75, 3.05) is 6.54 Å². The van der Waals surface area contributed by atoms with E-state index in [1.807, 2.05) is 12.2 Å². The second-order valence-electron chi connectivity index (χ2n) is 2.66. The van der Waals surface area contributed by atoms with E-state index in [2.05, 4.69) is 11.1 Å². The summed E-state index contributed by atoms with van der Waals surface area (Å²) in [6, 6.07) is 0.0269. The minimum absolute atomic E-state index is 0.0269. The summed E-state index contributed by atoms with van der Waals surface area (Å²) >= 11 is 0. The second-order valence-corrected chi connectivity index (χ2v) is 2.66. The maximum absolute atomic E-state index is 5.79. The molecule has 0 fully saturated rings. The number of rotatable bonds is 0. The highest BCUT2D eigenvalue weighted by Crippen LogP contribution is 2.17. The van der Waals surface area contributed by atoms with Crippen LogP contribution in [0.2, 0.25) is 0 Å². The molecule has 0 saturated heterocycles. The molecule has 0 bridgehead atoms. The van der Waals surface area contributed by atoms with Crippen molar-refractivity contribution >= 4 is 5.90 Å². The quantitative estimate of drug-likeness (QED) is 0.509. The zero-order valence-electron chi connectivity index (χ0n) is 6.10. The summed E-state index contributed by atoms with van der Waals surface area (Å²) < 4.78 is 5.19. The van der Waals surface area contributed by atoms with E-state index in [-0.39, 0.29) is 12.0 Å². The SMILES string of the molecule is NC1C=COC2=NCC=CC21. The first-order valence-corrected chi connectivity index (χ1v) is 3.68. The number of nitrogens with zero attached hydrogens (tertiary/aromatic N) is 1. The molecule has 0 aromatic carbocycles. The fourth-order valence-corrected chi connectivity index (χ4v) is 1.27. The Morgan fingerprint density at radius 1 is 1.55 bits per heavy atom. The predicted molar refractivity (Wildman–Crippen MR) is 43.1 cm³/mol. The van der Waals surface area contributed by atoms with E-state index in [4.69, 9.17) is 10.5 Å². The average Bonchev–Trinajstić information content (AvgIpc) is 2.06. The van der Waals surface area contributed by atoms with E-state index in [0.717, 1.165) is 5.90 Å². The van der Waals surface area contributed by atoms with Crippen LogP contribution >= 0.6 is 0 Å². The molecule has 2 unspecified atom stereocenters. The van der Waals surface area contributed by atoms with E-state index < -0.39 is 0 Å². The zero-order chi connectivity index (χ0) is 7.68. The van der Waals surface area contributed by atoms with Gasteiger partial charge >= 0.3 is 0 Å². The molecule has 3 nitrogen and oxygen atoms in total. The van der Waals surface area contributed by atoms with Gasteiger partial charge in [0.05, 0.1) is 18.7 Å². The molecule has 11 heavy (non-hydrogen) atoms. The third kappa shape index (κ3) is 1.07. The highest BCUT2D eigenvalue weighted by Gasteiger charge is 2.24. The topological polar surface area (TPSA) is 47.6 Å². The van der Waals surface area contributed by atoms with E-state index in [9.17, 15) is 0 Å². The van der Waals surface area contributed by atoms with Crippen LogP contribution < -0.4 is 5.73 Å². The van der Waals surface area contributed by atoms with Crippen LogP contribution in [0.1, 0.15) is 0 Å². The lowest BCUT2D eigenvalue weighted by Crippen LogP contribution is -2.37. The van der Waals surface area contributed by atoms with Crippen molar-refractivity contribution in [2.24, 2.45) is 16.6 Å². The average molecular weight is 150 g/mol. The smallest absolute Gasteiger partial charge is 0.198 e. The van der Waals surface area contributed by atoms with E-state index in [1.165, 1.54) is 0 Å². The van der Waals surface area contributed by atoms with E-state index >= 15 is 0 Å². The molecule has 0 saturated carbocycles. The molecular formula is C8H10N2O. The Bertz CT molecular complexity index is 242. The molecule has 0 amide bonds. The number of dihydropyridines is 1. The predicted octanol–water partition coefficient (Wildman–Crippen LogP) is 0.442. The van der Waals surface area contributed by atoms with Crippen LogP contribution in [-0.2, 0) is 4.74 Å². The Morgan fingerprint density at radius 3 is 3.27 bits per heavy atom. The molecule has 2 atom stereocenters. The fourth-order valence-electron chi connectivity index (χ4n) is 1.27. The van der Waals surface area contributed by atoms with E-state index in [0.29, 0.717) is 6.54 Å². The molecule has 2 aliphatic heterocycles. The molecule has 2 N–H and O–H groups in total. The van der Waals surface area contributed by atoms with Gasteiger partial charge in [0.15, 0.2) is 5.90 Å². The van der Waals surface area contributed by atoms with Gasteiger partial charge in [-0.2, -0.15) is 0 Å². The Kier molecular flexibility index (Phi) is 1.51. The number of hydrogen-bond donors (Lipinski definition) is 1.